The second kappa shape index (κ2) is 4.11. The van der Waals surface area contributed by atoms with Crippen molar-refractivity contribution < 1.29 is 0 Å². The quantitative estimate of drug-likeness (QED) is 0.895. The molecule has 3 nitrogen and oxygen atoms in total. The summed E-state index contributed by atoms with van der Waals surface area (Å²) in [7, 11) is 0. The molecule has 0 aromatic carbocycles. The minimum absolute atomic E-state index is 0.218. The second-order valence-corrected chi connectivity index (χ2v) is 5.77. The van der Waals surface area contributed by atoms with Gasteiger partial charge in [-0.3, -0.25) is 0 Å². The van der Waals surface area contributed by atoms with Crippen molar-refractivity contribution in [3.8, 4) is 16.5 Å². The molecule has 0 aliphatic heterocycles. The fraction of sp³-hybridized carbons (Fsp3) is 0.286. The predicted molar refractivity (Wildman–Crippen MR) is 73.1 cm³/mol. The number of nitriles is 1. The Kier molecular flexibility index (Phi) is 2.57. The monoisotopic (exact) mass is 255 g/mol. The van der Waals surface area contributed by atoms with Crippen molar-refractivity contribution in [3.63, 3.8) is 0 Å². The predicted octanol–water partition coefficient (Wildman–Crippen LogP) is 3.34. The molecular formula is C14H13N3S. The smallest absolute Gasteiger partial charge is 0.123 e. The van der Waals surface area contributed by atoms with Crippen LogP contribution in [0.4, 0.5) is 5.82 Å². The largest absolute Gasteiger partial charge is 0.384 e. The third-order valence-electron chi connectivity index (χ3n) is 3.57. The molecular weight excluding hydrogens is 242 g/mol. The number of nitrogen functional groups attached to an aromatic ring is 1. The molecule has 0 saturated heterocycles. The Morgan fingerprint density at radius 1 is 1.28 bits per heavy atom. The van der Waals surface area contributed by atoms with Gasteiger partial charge in [0.15, 0.2) is 0 Å². The third-order valence-corrected chi connectivity index (χ3v) is 4.91. The Balaban J connectivity index is 1.95. The molecule has 1 aliphatic carbocycles. The molecule has 0 atom stereocenters. The minimum atomic E-state index is -0.218. The number of nitrogens with zero attached hydrogens (tertiary/aromatic N) is 2. The molecule has 0 bridgehead atoms. The molecule has 2 aromatic rings. The van der Waals surface area contributed by atoms with Crippen LogP contribution in [-0.4, -0.2) is 4.98 Å². The van der Waals surface area contributed by atoms with E-state index in [0.29, 0.717) is 5.82 Å². The van der Waals surface area contributed by atoms with Gasteiger partial charge in [0.05, 0.1) is 11.5 Å². The van der Waals surface area contributed by atoms with E-state index in [1.165, 1.54) is 4.88 Å². The number of thiophene rings is 1. The normalized spacial score (nSPS) is 16.8. The maximum atomic E-state index is 9.33. The zero-order valence-electron chi connectivity index (χ0n) is 9.89. The van der Waals surface area contributed by atoms with Gasteiger partial charge in [0, 0.05) is 21.5 Å². The Labute approximate surface area is 110 Å². The first-order chi connectivity index (χ1) is 8.73. The van der Waals surface area contributed by atoms with Gasteiger partial charge in [-0.05, 0) is 43.5 Å². The highest BCUT2D eigenvalue weighted by Gasteiger charge is 2.40. The fourth-order valence-electron chi connectivity index (χ4n) is 2.24. The van der Waals surface area contributed by atoms with Crippen molar-refractivity contribution in [1.29, 1.82) is 5.26 Å². The summed E-state index contributed by atoms with van der Waals surface area (Å²) < 4.78 is 0. The first-order valence-corrected chi connectivity index (χ1v) is 6.79. The van der Waals surface area contributed by atoms with Crippen LogP contribution in [0, 0.1) is 11.3 Å². The van der Waals surface area contributed by atoms with Crippen molar-refractivity contribution in [2.24, 2.45) is 0 Å². The van der Waals surface area contributed by atoms with Crippen LogP contribution in [0.1, 0.15) is 24.1 Å². The van der Waals surface area contributed by atoms with Crippen LogP contribution in [-0.2, 0) is 5.41 Å². The zero-order valence-corrected chi connectivity index (χ0v) is 10.7. The molecule has 3 rings (SSSR count). The standard InChI is InChI=1S/C14H13N3S/c15-9-14(6-1-7-14)12-4-3-11(18-12)10-2-5-13(16)17-8-10/h2-5,8H,1,6-7H2,(H2,16,17). The molecule has 2 N–H and O–H groups in total. The van der Waals surface area contributed by atoms with Gasteiger partial charge in [0.2, 0.25) is 0 Å². The summed E-state index contributed by atoms with van der Waals surface area (Å²) in [4.78, 5) is 6.44. The summed E-state index contributed by atoms with van der Waals surface area (Å²) in [6, 6.07) is 10.4. The first kappa shape index (κ1) is 11.2. The van der Waals surface area contributed by atoms with Crippen LogP contribution in [0.5, 0.6) is 0 Å². The molecule has 1 aliphatic rings. The molecule has 4 heteroatoms. The van der Waals surface area contributed by atoms with Crippen molar-refractivity contribution in [2.75, 3.05) is 5.73 Å². The number of pyridine rings is 1. The lowest BCUT2D eigenvalue weighted by atomic mass is 9.69. The van der Waals surface area contributed by atoms with Gasteiger partial charge in [0.25, 0.3) is 0 Å². The topological polar surface area (TPSA) is 62.7 Å². The first-order valence-electron chi connectivity index (χ1n) is 5.97. The number of hydrogen-bond donors (Lipinski definition) is 1. The van der Waals surface area contributed by atoms with Crippen LogP contribution >= 0.6 is 11.3 Å². The maximum Gasteiger partial charge on any atom is 0.123 e. The summed E-state index contributed by atoms with van der Waals surface area (Å²) in [5.41, 5.74) is 6.43. The molecule has 0 amide bonds. The second-order valence-electron chi connectivity index (χ2n) is 4.68. The summed E-state index contributed by atoms with van der Waals surface area (Å²) >= 11 is 1.70. The van der Waals surface area contributed by atoms with Gasteiger partial charge < -0.3 is 5.73 Å². The fourth-order valence-corrected chi connectivity index (χ4v) is 3.44. The van der Waals surface area contributed by atoms with Gasteiger partial charge in [-0.15, -0.1) is 11.3 Å². The van der Waals surface area contributed by atoms with Gasteiger partial charge in [-0.25, -0.2) is 4.98 Å². The molecule has 2 aromatic heterocycles. The molecule has 1 saturated carbocycles. The Morgan fingerprint density at radius 2 is 2.11 bits per heavy atom. The maximum absolute atomic E-state index is 9.33. The number of hydrogen-bond acceptors (Lipinski definition) is 4. The summed E-state index contributed by atoms with van der Waals surface area (Å²) in [5, 5.41) is 9.33. The number of aromatic nitrogens is 1. The molecule has 0 spiro atoms. The van der Waals surface area contributed by atoms with E-state index in [4.69, 9.17) is 5.73 Å². The van der Waals surface area contributed by atoms with E-state index in [9.17, 15) is 5.26 Å². The average Bonchev–Trinajstić information content (AvgIpc) is 2.79. The Morgan fingerprint density at radius 3 is 2.67 bits per heavy atom. The van der Waals surface area contributed by atoms with Gasteiger partial charge >= 0.3 is 0 Å². The summed E-state index contributed by atoms with van der Waals surface area (Å²) in [5.74, 6) is 0.531. The summed E-state index contributed by atoms with van der Waals surface area (Å²) in [6.07, 6.45) is 4.92. The van der Waals surface area contributed by atoms with E-state index < -0.39 is 0 Å². The van der Waals surface area contributed by atoms with E-state index in [2.05, 4.69) is 23.2 Å². The Hall–Kier alpha value is -1.86. The van der Waals surface area contributed by atoms with E-state index in [-0.39, 0.29) is 5.41 Å². The highest BCUT2D eigenvalue weighted by Crippen LogP contribution is 2.47. The van der Waals surface area contributed by atoms with Crippen molar-refractivity contribution in [3.05, 3.63) is 35.3 Å². The summed E-state index contributed by atoms with van der Waals surface area (Å²) in [6.45, 7) is 0. The van der Waals surface area contributed by atoms with E-state index in [1.807, 2.05) is 6.07 Å². The molecule has 90 valence electrons. The lowest BCUT2D eigenvalue weighted by Crippen LogP contribution is -2.31. The van der Waals surface area contributed by atoms with E-state index >= 15 is 0 Å². The molecule has 18 heavy (non-hydrogen) atoms. The molecule has 1 fully saturated rings. The van der Waals surface area contributed by atoms with E-state index in [0.717, 1.165) is 29.7 Å². The van der Waals surface area contributed by atoms with Crippen molar-refractivity contribution >= 4 is 17.2 Å². The highest BCUT2D eigenvalue weighted by atomic mass is 32.1. The number of nitrogens with two attached hydrogens (primary N) is 1. The van der Waals surface area contributed by atoms with Gasteiger partial charge in [-0.1, -0.05) is 0 Å². The van der Waals surface area contributed by atoms with Crippen LogP contribution in [0.25, 0.3) is 10.4 Å². The van der Waals surface area contributed by atoms with Gasteiger partial charge in [0.1, 0.15) is 5.82 Å². The zero-order chi connectivity index (χ0) is 12.6. The third kappa shape index (κ3) is 1.68. The van der Waals surface area contributed by atoms with Crippen LogP contribution in [0.3, 0.4) is 0 Å². The lowest BCUT2D eigenvalue weighted by molar-refractivity contribution is 0.330. The molecule has 2 heterocycles. The van der Waals surface area contributed by atoms with Crippen molar-refractivity contribution in [2.45, 2.75) is 24.7 Å². The minimum Gasteiger partial charge on any atom is -0.384 e. The molecule has 0 radical (unpaired) electrons. The van der Waals surface area contributed by atoms with Crippen LogP contribution in [0.15, 0.2) is 30.5 Å². The van der Waals surface area contributed by atoms with E-state index in [1.54, 1.807) is 23.6 Å². The van der Waals surface area contributed by atoms with Crippen LogP contribution < -0.4 is 5.73 Å². The average molecular weight is 255 g/mol. The van der Waals surface area contributed by atoms with Crippen LogP contribution in [0.2, 0.25) is 0 Å². The Bertz CT molecular complexity index is 603. The number of anilines is 1. The lowest BCUT2D eigenvalue weighted by Gasteiger charge is -2.34. The number of rotatable bonds is 2. The SMILES string of the molecule is N#CC1(c2ccc(-c3ccc(N)nc3)s2)CCC1. The van der Waals surface area contributed by atoms with Gasteiger partial charge in [-0.2, -0.15) is 5.26 Å². The molecule has 0 unspecified atom stereocenters. The van der Waals surface area contributed by atoms with Crippen molar-refractivity contribution in [1.82, 2.24) is 4.98 Å². The highest BCUT2D eigenvalue weighted by molar-refractivity contribution is 7.15.